The Balaban J connectivity index is 1.56. The number of rotatable bonds is 7. The second-order valence-corrected chi connectivity index (χ2v) is 7.50. The summed E-state index contributed by atoms with van der Waals surface area (Å²) < 4.78 is 0. The number of likely N-dealkylation sites (tertiary alicyclic amines) is 2. The highest BCUT2D eigenvalue weighted by molar-refractivity contribution is 5.84. The van der Waals surface area contributed by atoms with Crippen LogP contribution in [0.4, 0.5) is 0 Å². The van der Waals surface area contributed by atoms with Crippen LogP contribution in [-0.2, 0) is 11.2 Å². The summed E-state index contributed by atoms with van der Waals surface area (Å²) in [7, 11) is 0. The Labute approximate surface area is 150 Å². The summed E-state index contributed by atoms with van der Waals surface area (Å²) in [6.45, 7) is 3.03. The maximum absolute atomic E-state index is 13.1. The number of carbonyl (C=O) groups is 1. The minimum atomic E-state index is -0.298. The molecule has 2 heterocycles. The summed E-state index contributed by atoms with van der Waals surface area (Å²) in [5, 5.41) is 18.8. The van der Waals surface area contributed by atoms with Crippen LogP contribution < -0.4 is 0 Å². The molecular formula is C20H30N2O3. The predicted molar refractivity (Wildman–Crippen MR) is 97.2 cm³/mol. The lowest BCUT2D eigenvalue weighted by atomic mass is 9.78. The minimum Gasteiger partial charge on any atom is -0.395 e. The van der Waals surface area contributed by atoms with Crippen LogP contribution in [0.3, 0.4) is 0 Å². The lowest BCUT2D eigenvalue weighted by Gasteiger charge is -2.40. The molecule has 25 heavy (non-hydrogen) atoms. The zero-order valence-corrected chi connectivity index (χ0v) is 14.9. The van der Waals surface area contributed by atoms with Gasteiger partial charge in [0.05, 0.1) is 24.7 Å². The van der Waals surface area contributed by atoms with Crippen molar-refractivity contribution in [2.24, 2.45) is 5.41 Å². The molecular weight excluding hydrogens is 316 g/mol. The van der Waals surface area contributed by atoms with Gasteiger partial charge in [0.15, 0.2) is 0 Å². The number of nitrogens with zero attached hydrogens (tertiary/aromatic N) is 2. The van der Waals surface area contributed by atoms with Crippen LogP contribution in [0.5, 0.6) is 0 Å². The van der Waals surface area contributed by atoms with E-state index in [1.54, 1.807) is 0 Å². The fourth-order valence-electron chi connectivity index (χ4n) is 4.37. The lowest BCUT2D eigenvalue weighted by Crippen LogP contribution is -2.51. The number of hydrogen-bond donors (Lipinski definition) is 2. The summed E-state index contributed by atoms with van der Waals surface area (Å²) in [5.41, 5.74) is 1.02. The van der Waals surface area contributed by atoms with Crippen molar-refractivity contribution < 1.29 is 15.0 Å². The number of hydrogen-bond acceptors (Lipinski definition) is 4. The topological polar surface area (TPSA) is 64.0 Å². The summed E-state index contributed by atoms with van der Waals surface area (Å²) >= 11 is 0. The average molecular weight is 346 g/mol. The molecule has 5 nitrogen and oxygen atoms in total. The molecule has 1 aromatic carbocycles. The quantitative estimate of drug-likeness (QED) is 0.781. The van der Waals surface area contributed by atoms with E-state index in [0.29, 0.717) is 6.54 Å². The van der Waals surface area contributed by atoms with Gasteiger partial charge in [-0.3, -0.25) is 9.69 Å². The Hall–Kier alpha value is -1.43. The Morgan fingerprint density at radius 3 is 2.56 bits per heavy atom. The molecule has 2 saturated heterocycles. The Bertz CT molecular complexity index is 561. The van der Waals surface area contributed by atoms with Crippen LogP contribution in [0.25, 0.3) is 0 Å². The number of aryl methyl sites for hydroxylation is 1. The highest BCUT2D eigenvalue weighted by Crippen LogP contribution is 2.40. The summed E-state index contributed by atoms with van der Waals surface area (Å²) in [6, 6.07) is 10.2. The molecule has 0 saturated carbocycles. The van der Waals surface area contributed by atoms with Crippen molar-refractivity contribution in [3.63, 3.8) is 0 Å². The van der Waals surface area contributed by atoms with Gasteiger partial charge in [-0.25, -0.2) is 0 Å². The van der Waals surface area contributed by atoms with E-state index in [9.17, 15) is 15.0 Å². The first kappa shape index (κ1) is 18.4. The number of amides is 1. The van der Waals surface area contributed by atoms with Gasteiger partial charge in [0.1, 0.15) is 0 Å². The van der Waals surface area contributed by atoms with E-state index in [1.165, 1.54) is 5.56 Å². The first-order valence-electron chi connectivity index (χ1n) is 9.47. The van der Waals surface area contributed by atoms with E-state index < -0.39 is 0 Å². The highest BCUT2D eigenvalue weighted by Gasteiger charge is 2.49. The molecule has 5 heteroatoms. The predicted octanol–water partition coefficient (Wildman–Crippen LogP) is 1.29. The number of carbonyl (C=O) groups excluding carboxylic acids is 1. The number of benzene rings is 1. The Morgan fingerprint density at radius 2 is 1.84 bits per heavy atom. The van der Waals surface area contributed by atoms with Gasteiger partial charge in [-0.15, -0.1) is 0 Å². The van der Waals surface area contributed by atoms with Gasteiger partial charge < -0.3 is 15.1 Å². The van der Waals surface area contributed by atoms with Gasteiger partial charge in [0, 0.05) is 19.6 Å². The molecule has 0 radical (unpaired) electrons. The molecule has 0 aliphatic carbocycles. The van der Waals surface area contributed by atoms with Crippen molar-refractivity contribution in [1.82, 2.24) is 9.80 Å². The van der Waals surface area contributed by atoms with Gasteiger partial charge in [-0.05, 0) is 44.2 Å². The molecule has 1 unspecified atom stereocenters. The molecule has 1 aromatic rings. The lowest BCUT2D eigenvalue weighted by molar-refractivity contribution is -0.145. The largest absolute Gasteiger partial charge is 0.395 e. The number of aliphatic hydroxyl groups excluding tert-OH is 2. The maximum Gasteiger partial charge on any atom is 0.230 e. The van der Waals surface area contributed by atoms with Gasteiger partial charge in [0.2, 0.25) is 5.91 Å². The van der Waals surface area contributed by atoms with E-state index in [-0.39, 0.29) is 30.6 Å². The van der Waals surface area contributed by atoms with Gasteiger partial charge in [0.25, 0.3) is 0 Å². The molecule has 2 N–H and O–H groups in total. The van der Waals surface area contributed by atoms with Crippen LogP contribution >= 0.6 is 0 Å². The van der Waals surface area contributed by atoms with Crippen LogP contribution in [0, 0.1) is 5.41 Å². The summed E-state index contributed by atoms with van der Waals surface area (Å²) in [4.78, 5) is 17.2. The third-order valence-electron chi connectivity index (χ3n) is 5.88. The van der Waals surface area contributed by atoms with E-state index >= 15 is 0 Å². The first-order chi connectivity index (χ1) is 12.2. The van der Waals surface area contributed by atoms with Crippen LogP contribution in [0.1, 0.15) is 31.2 Å². The SMILES string of the molecule is O=C1N(CCCc2ccccc2)CCCC12CCN(C(CO)CO)C2. The Kier molecular flexibility index (Phi) is 6.10. The molecule has 2 fully saturated rings. The van der Waals surface area contributed by atoms with Crippen molar-refractivity contribution in [3.05, 3.63) is 35.9 Å². The molecule has 3 rings (SSSR count). The molecule has 2 aliphatic heterocycles. The van der Waals surface area contributed by atoms with Crippen LogP contribution in [-0.4, -0.2) is 71.4 Å². The third-order valence-corrected chi connectivity index (χ3v) is 5.88. The van der Waals surface area contributed by atoms with E-state index in [0.717, 1.165) is 51.7 Å². The normalized spacial score (nSPS) is 24.6. The maximum atomic E-state index is 13.1. The van der Waals surface area contributed by atoms with Gasteiger partial charge >= 0.3 is 0 Å². The van der Waals surface area contributed by atoms with Crippen molar-refractivity contribution in [1.29, 1.82) is 0 Å². The van der Waals surface area contributed by atoms with E-state index in [1.807, 2.05) is 11.0 Å². The minimum absolute atomic E-state index is 0.0540. The van der Waals surface area contributed by atoms with Crippen molar-refractivity contribution in [2.75, 3.05) is 39.4 Å². The summed E-state index contributed by atoms with van der Waals surface area (Å²) in [5.74, 6) is 0.281. The van der Waals surface area contributed by atoms with Crippen LogP contribution in [0.15, 0.2) is 30.3 Å². The zero-order valence-electron chi connectivity index (χ0n) is 14.9. The Morgan fingerprint density at radius 1 is 1.08 bits per heavy atom. The standard InChI is InChI=1S/C20H30N2O3/c23-14-18(15-24)22-13-10-20(16-22)9-5-12-21(19(20)25)11-4-8-17-6-2-1-3-7-17/h1-3,6-7,18,23-24H,4-5,8-16H2. The van der Waals surface area contributed by atoms with Gasteiger partial charge in [-0.2, -0.15) is 0 Å². The van der Waals surface area contributed by atoms with E-state index in [4.69, 9.17) is 0 Å². The monoisotopic (exact) mass is 346 g/mol. The number of aliphatic hydroxyl groups is 2. The van der Waals surface area contributed by atoms with Crippen molar-refractivity contribution in [2.45, 2.75) is 38.1 Å². The molecule has 1 amide bonds. The van der Waals surface area contributed by atoms with Crippen molar-refractivity contribution in [3.8, 4) is 0 Å². The molecule has 2 aliphatic rings. The highest BCUT2D eigenvalue weighted by atomic mass is 16.3. The fourth-order valence-corrected chi connectivity index (χ4v) is 4.37. The van der Waals surface area contributed by atoms with Crippen LogP contribution in [0.2, 0.25) is 0 Å². The number of piperidine rings is 1. The zero-order chi connectivity index (χ0) is 17.7. The molecule has 138 valence electrons. The fraction of sp³-hybridized carbons (Fsp3) is 0.650. The molecule has 0 aromatic heterocycles. The van der Waals surface area contributed by atoms with E-state index in [2.05, 4.69) is 29.2 Å². The van der Waals surface area contributed by atoms with Gasteiger partial charge in [-0.1, -0.05) is 30.3 Å². The first-order valence-corrected chi connectivity index (χ1v) is 9.47. The van der Waals surface area contributed by atoms with Crippen molar-refractivity contribution >= 4 is 5.91 Å². The second-order valence-electron chi connectivity index (χ2n) is 7.50. The summed E-state index contributed by atoms with van der Waals surface area (Å²) in [6.07, 6.45) is 4.82. The smallest absolute Gasteiger partial charge is 0.230 e. The second kappa shape index (κ2) is 8.30. The average Bonchev–Trinajstić information content (AvgIpc) is 3.06. The molecule has 1 atom stereocenters. The molecule has 1 spiro atoms. The third kappa shape index (κ3) is 4.05. The molecule has 0 bridgehead atoms.